The normalized spacial score (nSPS) is 13.3. The van der Waals surface area contributed by atoms with E-state index in [1.54, 1.807) is 41.0 Å². The van der Waals surface area contributed by atoms with Crippen LogP contribution in [0.4, 0.5) is 24.7 Å². The van der Waals surface area contributed by atoms with Crippen molar-refractivity contribution in [1.82, 2.24) is 14.5 Å². The first-order valence-electron chi connectivity index (χ1n) is 10.5. The van der Waals surface area contributed by atoms with Crippen LogP contribution < -0.4 is 11.1 Å². The smallest absolute Gasteiger partial charge is 0.382 e. The lowest BCUT2D eigenvalue weighted by molar-refractivity contribution is -0.137. The maximum absolute atomic E-state index is 14.0. The van der Waals surface area contributed by atoms with Gasteiger partial charge in [0.05, 0.1) is 23.2 Å². The molecule has 0 unspecified atom stereocenters. The summed E-state index contributed by atoms with van der Waals surface area (Å²) < 4.78 is 43.7. The summed E-state index contributed by atoms with van der Waals surface area (Å²) in [6.45, 7) is 0. The van der Waals surface area contributed by atoms with E-state index in [4.69, 9.17) is 5.73 Å². The number of aryl methyl sites for hydroxylation is 1. The molecule has 0 aliphatic heterocycles. The molecule has 0 atom stereocenters. The summed E-state index contributed by atoms with van der Waals surface area (Å²) in [6.07, 6.45) is -0.933. The number of fused-ring (bicyclic) bond motifs is 3. The topological polar surface area (TPSA) is 85.8 Å². The number of alkyl halides is 3. The molecule has 9 heteroatoms. The molecule has 1 aliphatic rings. The predicted octanol–water partition coefficient (Wildman–Crippen LogP) is 4.69. The number of aromatic nitrogens is 3. The van der Waals surface area contributed by atoms with Gasteiger partial charge in [0, 0.05) is 11.4 Å². The molecule has 168 valence electrons. The summed E-state index contributed by atoms with van der Waals surface area (Å²) in [7, 11) is 0. The number of nitrogens with two attached hydrogens (primary N) is 1. The SMILES string of the molecule is Nc1ncnc2c3c(n(-c4ccc(NC(=O)Cc5ccccc5)c(C(F)(F)F)c4)c12)CCC3. The molecule has 2 aromatic carbocycles. The van der Waals surface area contributed by atoms with Gasteiger partial charge in [-0.25, -0.2) is 9.97 Å². The molecule has 0 radical (unpaired) electrons. The second-order valence-corrected chi connectivity index (χ2v) is 8.01. The summed E-state index contributed by atoms with van der Waals surface area (Å²) in [5, 5.41) is 2.42. The number of carbonyl (C=O) groups is 1. The van der Waals surface area contributed by atoms with Crippen LogP contribution in [0.15, 0.2) is 54.9 Å². The van der Waals surface area contributed by atoms with Gasteiger partial charge in [-0.1, -0.05) is 30.3 Å². The van der Waals surface area contributed by atoms with E-state index in [0.29, 0.717) is 28.7 Å². The lowest BCUT2D eigenvalue weighted by Crippen LogP contribution is -2.18. The van der Waals surface area contributed by atoms with E-state index >= 15 is 0 Å². The Morgan fingerprint density at radius 2 is 1.88 bits per heavy atom. The van der Waals surface area contributed by atoms with Gasteiger partial charge in [-0.05, 0) is 48.6 Å². The second-order valence-electron chi connectivity index (χ2n) is 8.01. The van der Waals surface area contributed by atoms with Gasteiger partial charge in [0.15, 0.2) is 5.82 Å². The Bertz CT molecular complexity index is 1360. The van der Waals surface area contributed by atoms with Gasteiger partial charge in [0.1, 0.15) is 11.8 Å². The molecular weight excluding hydrogens is 431 g/mol. The molecule has 5 rings (SSSR count). The third-order valence-electron chi connectivity index (χ3n) is 5.87. The number of halogens is 3. The third kappa shape index (κ3) is 3.79. The Kier molecular flexibility index (Phi) is 5.03. The molecule has 0 saturated heterocycles. The molecule has 1 aliphatic carbocycles. The van der Waals surface area contributed by atoms with Crippen LogP contribution in [-0.4, -0.2) is 20.4 Å². The molecule has 0 spiro atoms. The van der Waals surface area contributed by atoms with Gasteiger partial charge in [-0.3, -0.25) is 4.79 Å². The molecular formula is C24H20F3N5O. The number of hydrogen-bond donors (Lipinski definition) is 2. The van der Waals surface area contributed by atoms with Crippen molar-refractivity contribution in [3.8, 4) is 5.69 Å². The largest absolute Gasteiger partial charge is 0.418 e. The van der Waals surface area contributed by atoms with E-state index in [0.717, 1.165) is 30.2 Å². The van der Waals surface area contributed by atoms with Crippen LogP contribution in [0.3, 0.4) is 0 Å². The minimum Gasteiger partial charge on any atom is -0.382 e. The maximum atomic E-state index is 14.0. The van der Waals surface area contributed by atoms with Crippen molar-refractivity contribution < 1.29 is 18.0 Å². The van der Waals surface area contributed by atoms with Crippen LogP contribution >= 0.6 is 0 Å². The van der Waals surface area contributed by atoms with E-state index in [1.807, 2.05) is 0 Å². The van der Waals surface area contributed by atoms with Gasteiger partial charge in [-0.2, -0.15) is 13.2 Å². The van der Waals surface area contributed by atoms with E-state index in [2.05, 4.69) is 15.3 Å². The number of nitrogen functional groups attached to an aromatic ring is 1. The number of carbonyl (C=O) groups excluding carboxylic acids is 1. The maximum Gasteiger partial charge on any atom is 0.418 e. The van der Waals surface area contributed by atoms with Gasteiger partial charge < -0.3 is 15.6 Å². The Labute approximate surface area is 187 Å². The number of rotatable bonds is 4. The average Bonchev–Trinajstić information content (AvgIpc) is 3.36. The highest BCUT2D eigenvalue weighted by molar-refractivity contribution is 5.94. The fourth-order valence-electron chi connectivity index (χ4n) is 4.47. The zero-order chi connectivity index (χ0) is 23.2. The van der Waals surface area contributed by atoms with Crippen LogP contribution in [0, 0.1) is 0 Å². The summed E-state index contributed by atoms with van der Waals surface area (Å²) >= 11 is 0. The summed E-state index contributed by atoms with van der Waals surface area (Å²) in [4.78, 5) is 20.8. The van der Waals surface area contributed by atoms with Crippen LogP contribution in [0.25, 0.3) is 16.7 Å². The highest BCUT2D eigenvalue weighted by Crippen LogP contribution is 2.40. The van der Waals surface area contributed by atoms with Gasteiger partial charge in [0.2, 0.25) is 5.91 Å². The molecule has 33 heavy (non-hydrogen) atoms. The average molecular weight is 451 g/mol. The van der Waals surface area contributed by atoms with Crippen LogP contribution in [0.1, 0.15) is 28.8 Å². The van der Waals surface area contributed by atoms with Crippen molar-refractivity contribution in [1.29, 1.82) is 0 Å². The monoisotopic (exact) mass is 451 g/mol. The highest BCUT2D eigenvalue weighted by Gasteiger charge is 2.35. The fraction of sp³-hybridized carbons (Fsp3) is 0.208. The van der Waals surface area contributed by atoms with Crippen molar-refractivity contribution in [2.75, 3.05) is 11.1 Å². The fourth-order valence-corrected chi connectivity index (χ4v) is 4.47. The molecule has 2 heterocycles. The van der Waals surface area contributed by atoms with Gasteiger partial charge in [0.25, 0.3) is 0 Å². The number of amides is 1. The van der Waals surface area contributed by atoms with Crippen molar-refractivity contribution >= 4 is 28.4 Å². The van der Waals surface area contributed by atoms with Crippen LogP contribution in [0.5, 0.6) is 0 Å². The Hall–Kier alpha value is -3.88. The van der Waals surface area contributed by atoms with E-state index in [-0.39, 0.29) is 17.9 Å². The standard InChI is InChI=1S/C24H20F3N5O/c25-24(26,27)17-12-15(9-10-18(17)31-20(33)11-14-5-2-1-3-6-14)32-19-8-4-7-16(19)21-22(32)23(28)30-13-29-21/h1-3,5-6,9-10,12-13H,4,7-8,11H2,(H,31,33)(H2,28,29,30). The second kappa shape index (κ2) is 7.91. The minimum absolute atomic E-state index is 0.0243. The first kappa shape index (κ1) is 21.0. The van der Waals surface area contributed by atoms with Crippen molar-refractivity contribution in [2.24, 2.45) is 0 Å². The molecule has 1 amide bonds. The lowest BCUT2D eigenvalue weighted by atomic mass is 10.1. The molecule has 4 aromatic rings. The van der Waals surface area contributed by atoms with Gasteiger partial charge >= 0.3 is 6.18 Å². The zero-order valence-corrected chi connectivity index (χ0v) is 17.5. The van der Waals surface area contributed by atoms with E-state index in [1.165, 1.54) is 12.4 Å². The zero-order valence-electron chi connectivity index (χ0n) is 17.5. The molecule has 0 bridgehead atoms. The number of nitrogens with one attached hydrogen (secondary N) is 1. The highest BCUT2D eigenvalue weighted by atomic mass is 19.4. The Balaban J connectivity index is 1.57. The van der Waals surface area contributed by atoms with Crippen LogP contribution in [0.2, 0.25) is 0 Å². The summed E-state index contributed by atoms with van der Waals surface area (Å²) in [6, 6.07) is 12.7. The Morgan fingerprint density at radius 1 is 1.09 bits per heavy atom. The first-order chi connectivity index (χ1) is 15.8. The molecule has 0 fully saturated rings. The molecule has 0 saturated carbocycles. The van der Waals surface area contributed by atoms with E-state index < -0.39 is 17.6 Å². The lowest BCUT2D eigenvalue weighted by Gasteiger charge is -2.17. The molecule has 3 N–H and O–H groups in total. The van der Waals surface area contributed by atoms with Crippen LogP contribution in [-0.2, 0) is 30.2 Å². The van der Waals surface area contributed by atoms with E-state index in [9.17, 15) is 18.0 Å². The van der Waals surface area contributed by atoms with Crippen molar-refractivity contribution in [3.63, 3.8) is 0 Å². The van der Waals surface area contributed by atoms with Gasteiger partial charge in [-0.15, -0.1) is 0 Å². The van der Waals surface area contributed by atoms with Crippen molar-refractivity contribution in [3.05, 3.63) is 77.2 Å². The quantitative estimate of drug-likeness (QED) is 0.471. The minimum atomic E-state index is -4.67. The number of anilines is 2. The predicted molar refractivity (Wildman–Crippen MR) is 119 cm³/mol. The summed E-state index contributed by atoms with van der Waals surface area (Å²) in [5.74, 6) is -0.312. The third-order valence-corrected chi connectivity index (χ3v) is 5.87. The molecule has 6 nitrogen and oxygen atoms in total. The number of nitrogens with zero attached hydrogens (tertiary/aromatic N) is 3. The first-order valence-corrected chi connectivity index (χ1v) is 10.5. The van der Waals surface area contributed by atoms with Crippen molar-refractivity contribution in [2.45, 2.75) is 31.9 Å². The number of hydrogen-bond acceptors (Lipinski definition) is 4. The Morgan fingerprint density at radius 3 is 2.64 bits per heavy atom. The number of benzene rings is 2. The summed E-state index contributed by atoms with van der Waals surface area (Å²) in [5.41, 5.74) is 8.97. The molecule has 2 aromatic heterocycles.